The minimum absolute atomic E-state index is 0.894. The van der Waals surface area contributed by atoms with Gasteiger partial charge in [-0.1, -0.05) is 25.8 Å². The van der Waals surface area contributed by atoms with Crippen molar-refractivity contribution in [3.63, 3.8) is 0 Å². The van der Waals surface area contributed by atoms with Gasteiger partial charge in [0.15, 0.2) is 0 Å². The van der Waals surface area contributed by atoms with Crippen molar-refractivity contribution in [2.24, 2.45) is 0 Å². The quantitative estimate of drug-likeness (QED) is 0.688. The smallest absolute Gasteiger partial charge is 0.0303 e. The highest BCUT2D eigenvalue weighted by molar-refractivity contribution is 4.92. The van der Waals surface area contributed by atoms with E-state index in [4.69, 9.17) is 0 Å². The van der Waals surface area contributed by atoms with Crippen molar-refractivity contribution >= 4 is 0 Å². The number of piperazine rings is 1. The molecule has 1 aliphatic heterocycles. The van der Waals surface area contributed by atoms with E-state index in [0.29, 0.717) is 0 Å². The van der Waals surface area contributed by atoms with E-state index in [0.717, 1.165) is 6.04 Å². The molecule has 0 unspecified atom stereocenters. The highest BCUT2D eigenvalue weighted by atomic mass is 15.3. The number of rotatable bonds is 2. The van der Waals surface area contributed by atoms with Crippen molar-refractivity contribution in [3.05, 3.63) is 12.3 Å². The summed E-state index contributed by atoms with van der Waals surface area (Å²) in [6, 6.07) is 0.894. The van der Waals surface area contributed by atoms with E-state index in [2.05, 4.69) is 23.3 Å². The fourth-order valence-corrected chi connectivity index (χ4v) is 2.91. The molecule has 0 radical (unpaired) electrons. The van der Waals surface area contributed by atoms with Gasteiger partial charge in [0.2, 0.25) is 0 Å². The van der Waals surface area contributed by atoms with E-state index >= 15 is 0 Å². The van der Waals surface area contributed by atoms with Crippen LogP contribution in [-0.2, 0) is 0 Å². The van der Waals surface area contributed by atoms with E-state index in [1.807, 2.05) is 0 Å². The molecule has 0 aromatic rings. The van der Waals surface area contributed by atoms with Crippen molar-refractivity contribution in [3.8, 4) is 0 Å². The lowest BCUT2D eigenvalue weighted by Crippen LogP contribution is -2.49. The first-order valence-corrected chi connectivity index (χ1v) is 6.42. The van der Waals surface area contributed by atoms with Crippen LogP contribution < -0.4 is 0 Å². The maximum Gasteiger partial charge on any atom is 0.0303 e. The normalized spacial score (nSPS) is 25.5. The zero-order valence-electron chi connectivity index (χ0n) is 10.0. The Balaban J connectivity index is 1.79. The van der Waals surface area contributed by atoms with Crippen molar-refractivity contribution in [2.45, 2.75) is 45.1 Å². The van der Waals surface area contributed by atoms with Gasteiger partial charge in [-0.15, -0.1) is 0 Å². The fraction of sp³-hybridized carbons (Fsp3) is 0.846. The van der Waals surface area contributed by atoms with Crippen LogP contribution in [0.3, 0.4) is 0 Å². The van der Waals surface area contributed by atoms with Crippen LogP contribution in [0, 0.1) is 0 Å². The van der Waals surface area contributed by atoms with E-state index in [1.165, 1.54) is 64.0 Å². The highest BCUT2D eigenvalue weighted by Gasteiger charge is 2.24. The molecule has 2 heteroatoms. The highest BCUT2D eigenvalue weighted by Crippen LogP contribution is 2.23. The molecule has 1 heterocycles. The maximum absolute atomic E-state index is 4.02. The third kappa shape index (κ3) is 2.75. The average Bonchev–Trinajstić information content (AvgIpc) is 2.30. The molecule has 1 aliphatic carbocycles. The Bertz CT molecular complexity index is 211. The van der Waals surface area contributed by atoms with E-state index in [-0.39, 0.29) is 0 Å². The molecular formula is C13H24N2. The van der Waals surface area contributed by atoms with Crippen LogP contribution in [-0.4, -0.2) is 42.0 Å². The van der Waals surface area contributed by atoms with Crippen LogP contribution in [0.5, 0.6) is 0 Å². The zero-order chi connectivity index (χ0) is 10.7. The molecule has 0 aromatic carbocycles. The summed E-state index contributed by atoms with van der Waals surface area (Å²) in [5.74, 6) is 0. The first-order valence-electron chi connectivity index (χ1n) is 6.42. The third-order valence-electron chi connectivity index (χ3n) is 3.95. The minimum atomic E-state index is 0.894. The van der Waals surface area contributed by atoms with Crippen molar-refractivity contribution in [1.82, 2.24) is 9.80 Å². The lowest BCUT2D eigenvalue weighted by molar-refractivity contribution is 0.0946. The third-order valence-corrected chi connectivity index (χ3v) is 3.95. The SMILES string of the molecule is C=C(C)N1CCN(C2CCCCC2)CC1. The summed E-state index contributed by atoms with van der Waals surface area (Å²) in [5, 5.41) is 0. The van der Waals surface area contributed by atoms with Crippen molar-refractivity contribution in [2.75, 3.05) is 26.2 Å². The summed E-state index contributed by atoms with van der Waals surface area (Å²) < 4.78 is 0. The Morgan fingerprint density at radius 2 is 1.60 bits per heavy atom. The molecule has 2 fully saturated rings. The lowest BCUT2D eigenvalue weighted by Gasteiger charge is -2.41. The number of allylic oxidation sites excluding steroid dienone is 1. The predicted molar refractivity (Wildman–Crippen MR) is 64.8 cm³/mol. The standard InChI is InChI=1S/C13H24N2/c1-12(2)14-8-10-15(11-9-14)13-6-4-3-5-7-13/h13H,1,3-11H2,2H3. The van der Waals surface area contributed by atoms with Gasteiger partial charge >= 0.3 is 0 Å². The van der Waals surface area contributed by atoms with Gasteiger partial charge in [0.1, 0.15) is 0 Å². The first kappa shape index (κ1) is 11.0. The molecule has 1 saturated heterocycles. The molecule has 86 valence electrons. The van der Waals surface area contributed by atoms with Crippen molar-refractivity contribution in [1.29, 1.82) is 0 Å². The Morgan fingerprint density at radius 1 is 1.00 bits per heavy atom. The molecule has 0 atom stereocenters. The largest absolute Gasteiger partial charge is 0.373 e. The monoisotopic (exact) mass is 208 g/mol. The Morgan fingerprint density at radius 3 is 2.13 bits per heavy atom. The Hall–Kier alpha value is -0.500. The molecule has 2 aliphatic rings. The molecule has 2 nitrogen and oxygen atoms in total. The summed E-state index contributed by atoms with van der Waals surface area (Å²) >= 11 is 0. The van der Waals surface area contributed by atoms with Gasteiger partial charge in [0.05, 0.1) is 0 Å². The number of hydrogen-bond acceptors (Lipinski definition) is 2. The van der Waals surface area contributed by atoms with E-state index < -0.39 is 0 Å². The van der Waals surface area contributed by atoms with Gasteiger partial charge < -0.3 is 4.90 Å². The summed E-state index contributed by atoms with van der Waals surface area (Å²) in [6.45, 7) is 11.0. The second kappa shape index (κ2) is 5.02. The summed E-state index contributed by atoms with van der Waals surface area (Å²) in [7, 11) is 0. The Kier molecular flexibility index (Phi) is 3.68. The second-order valence-corrected chi connectivity index (χ2v) is 5.05. The lowest BCUT2D eigenvalue weighted by atomic mass is 9.94. The Labute approximate surface area is 93.9 Å². The molecule has 0 bridgehead atoms. The fourth-order valence-electron chi connectivity index (χ4n) is 2.91. The van der Waals surface area contributed by atoms with Crippen LogP contribution in [0.1, 0.15) is 39.0 Å². The van der Waals surface area contributed by atoms with Gasteiger partial charge in [-0.3, -0.25) is 4.90 Å². The molecule has 0 amide bonds. The zero-order valence-corrected chi connectivity index (χ0v) is 10.0. The average molecular weight is 208 g/mol. The van der Waals surface area contributed by atoms with Crippen LogP contribution in [0.2, 0.25) is 0 Å². The van der Waals surface area contributed by atoms with Gasteiger partial charge in [0.25, 0.3) is 0 Å². The van der Waals surface area contributed by atoms with E-state index in [1.54, 1.807) is 0 Å². The molecule has 1 saturated carbocycles. The maximum atomic E-state index is 4.02. The number of nitrogens with zero attached hydrogens (tertiary/aromatic N) is 2. The van der Waals surface area contributed by atoms with Crippen LogP contribution >= 0.6 is 0 Å². The summed E-state index contributed by atoms with van der Waals surface area (Å²) in [6.07, 6.45) is 7.24. The van der Waals surface area contributed by atoms with Gasteiger partial charge in [0, 0.05) is 37.9 Å². The number of hydrogen-bond donors (Lipinski definition) is 0. The topological polar surface area (TPSA) is 6.48 Å². The minimum Gasteiger partial charge on any atom is -0.373 e. The summed E-state index contributed by atoms with van der Waals surface area (Å²) in [4.78, 5) is 5.12. The van der Waals surface area contributed by atoms with Crippen LogP contribution in [0.4, 0.5) is 0 Å². The second-order valence-electron chi connectivity index (χ2n) is 5.05. The molecule has 0 N–H and O–H groups in total. The van der Waals surface area contributed by atoms with Crippen LogP contribution in [0.25, 0.3) is 0 Å². The van der Waals surface area contributed by atoms with Gasteiger partial charge in [-0.05, 0) is 19.8 Å². The summed E-state index contributed by atoms with van der Waals surface area (Å²) in [5.41, 5.74) is 1.23. The molecule has 2 rings (SSSR count). The van der Waals surface area contributed by atoms with E-state index in [9.17, 15) is 0 Å². The van der Waals surface area contributed by atoms with Crippen LogP contribution in [0.15, 0.2) is 12.3 Å². The molecule has 0 aromatic heterocycles. The molecule has 0 spiro atoms. The molecule has 15 heavy (non-hydrogen) atoms. The first-order chi connectivity index (χ1) is 7.27. The van der Waals surface area contributed by atoms with Gasteiger partial charge in [-0.25, -0.2) is 0 Å². The predicted octanol–water partition coefficient (Wildman–Crippen LogP) is 2.47. The molecular weight excluding hydrogens is 184 g/mol. The van der Waals surface area contributed by atoms with Crippen molar-refractivity contribution < 1.29 is 0 Å². The van der Waals surface area contributed by atoms with Gasteiger partial charge in [-0.2, -0.15) is 0 Å².